The van der Waals surface area contributed by atoms with Gasteiger partial charge < -0.3 is 0 Å². The highest BCUT2D eigenvalue weighted by atomic mass is 79.9. The van der Waals surface area contributed by atoms with Crippen molar-refractivity contribution in [2.24, 2.45) is 0 Å². The quantitative estimate of drug-likeness (QED) is 0.898. The standard InChI is InChI=1S/C9H11Br2NO2S/c1-2-5-15(13,14)12-9-4-3-7(10)6-8(9)11/h3-4,6,12H,2,5H2,1H3. The number of hydrogen-bond acceptors (Lipinski definition) is 2. The fourth-order valence-corrected chi connectivity index (χ4v) is 3.49. The largest absolute Gasteiger partial charge is 0.282 e. The van der Waals surface area contributed by atoms with E-state index in [0.717, 1.165) is 8.95 Å². The molecule has 0 atom stereocenters. The monoisotopic (exact) mass is 355 g/mol. The van der Waals surface area contributed by atoms with Crippen molar-refractivity contribution in [3.8, 4) is 0 Å². The lowest BCUT2D eigenvalue weighted by Crippen LogP contribution is -2.16. The Balaban J connectivity index is 2.90. The summed E-state index contributed by atoms with van der Waals surface area (Å²) in [7, 11) is -3.22. The Hall–Kier alpha value is -0.0700. The molecule has 0 aliphatic carbocycles. The summed E-state index contributed by atoms with van der Waals surface area (Å²) in [5.41, 5.74) is 0.562. The second kappa shape index (κ2) is 5.32. The summed E-state index contributed by atoms with van der Waals surface area (Å²) >= 11 is 6.59. The molecule has 0 aliphatic heterocycles. The van der Waals surface area contributed by atoms with E-state index in [1.54, 1.807) is 18.2 Å². The Morgan fingerprint density at radius 1 is 1.33 bits per heavy atom. The number of benzene rings is 1. The van der Waals surface area contributed by atoms with Crippen molar-refractivity contribution in [1.29, 1.82) is 0 Å². The topological polar surface area (TPSA) is 46.2 Å². The third kappa shape index (κ3) is 4.12. The summed E-state index contributed by atoms with van der Waals surface area (Å²) in [6.07, 6.45) is 0.601. The third-order valence-corrected chi connectivity index (χ3v) is 4.30. The average molecular weight is 357 g/mol. The van der Waals surface area contributed by atoms with Gasteiger partial charge in [-0.25, -0.2) is 8.42 Å². The molecule has 0 unspecified atom stereocenters. The normalized spacial score (nSPS) is 11.4. The van der Waals surface area contributed by atoms with Gasteiger partial charge in [-0.2, -0.15) is 0 Å². The summed E-state index contributed by atoms with van der Waals surface area (Å²) < 4.78 is 27.1. The molecule has 1 rings (SSSR count). The van der Waals surface area contributed by atoms with Gasteiger partial charge in [-0.15, -0.1) is 0 Å². The first-order chi connectivity index (χ1) is 6.94. The van der Waals surface area contributed by atoms with Crippen LogP contribution >= 0.6 is 31.9 Å². The van der Waals surface area contributed by atoms with Gasteiger partial charge in [-0.1, -0.05) is 22.9 Å². The van der Waals surface area contributed by atoms with E-state index in [4.69, 9.17) is 0 Å². The molecule has 0 bridgehead atoms. The Morgan fingerprint density at radius 2 is 2.00 bits per heavy atom. The van der Waals surface area contributed by atoms with Crippen molar-refractivity contribution in [2.45, 2.75) is 13.3 Å². The zero-order valence-electron chi connectivity index (χ0n) is 8.13. The summed E-state index contributed by atoms with van der Waals surface area (Å²) in [4.78, 5) is 0. The molecular formula is C9H11Br2NO2S. The van der Waals surface area contributed by atoms with Crippen LogP contribution in [-0.4, -0.2) is 14.2 Å². The number of halogens is 2. The van der Waals surface area contributed by atoms with E-state index in [1.807, 2.05) is 6.92 Å². The fourth-order valence-electron chi connectivity index (χ4n) is 1.06. The maximum Gasteiger partial charge on any atom is 0.232 e. The lowest BCUT2D eigenvalue weighted by Gasteiger charge is -2.08. The maximum atomic E-state index is 11.5. The molecule has 6 heteroatoms. The molecule has 0 aliphatic rings. The molecule has 1 N–H and O–H groups in total. The molecule has 0 radical (unpaired) electrons. The predicted molar refractivity (Wildman–Crippen MR) is 69.5 cm³/mol. The van der Waals surface area contributed by atoms with E-state index in [1.165, 1.54) is 0 Å². The van der Waals surface area contributed by atoms with Crippen LogP contribution in [0.15, 0.2) is 27.1 Å². The lowest BCUT2D eigenvalue weighted by molar-refractivity contribution is 0.600. The fraction of sp³-hybridized carbons (Fsp3) is 0.333. The van der Waals surface area contributed by atoms with Crippen LogP contribution in [0.4, 0.5) is 5.69 Å². The van der Waals surface area contributed by atoms with Crippen LogP contribution in [0.5, 0.6) is 0 Å². The van der Waals surface area contributed by atoms with Gasteiger partial charge in [0.15, 0.2) is 0 Å². The van der Waals surface area contributed by atoms with Gasteiger partial charge >= 0.3 is 0 Å². The second-order valence-electron chi connectivity index (χ2n) is 3.05. The molecule has 84 valence electrons. The Labute approximate surface area is 107 Å². The van der Waals surface area contributed by atoms with Crippen molar-refractivity contribution < 1.29 is 8.42 Å². The van der Waals surface area contributed by atoms with Crippen LogP contribution in [0.2, 0.25) is 0 Å². The molecule has 0 heterocycles. The zero-order chi connectivity index (χ0) is 11.5. The van der Waals surface area contributed by atoms with Gasteiger partial charge in [0, 0.05) is 8.95 Å². The second-order valence-corrected chi connectivity index (χ2v) is 6.66. The van der Waals surface area contributed by atoms with Gasteiger partial charge in [0.1, 0.15) is 0 Å². The van der Waals surface area contributed by atoms with Crippen LogP contribution < -0.4 is 4.72 Å². The highest BCUT2D eigenvalue weighted by Gasteiger charge is 2.10. The van der Waals surface area contributed by atoms with E-state index in [9.17, 15) is 8.42 Å². The van der Waals surface area contributed by atoms with Crippen molar-refractivity contribution >= 4 is 47.6 Å². The van der Waals surface area contributed by atoms with Crippen LogP contribution in [0.25, 0.3) is 0 Å². The molecule has 0 amide bonds. The highest BCUT2D eigenvalue weighted by Crippen LogP contribution is 2.26. The molecule has 0 aromatic heterocycles. The van der Waals surface area contributed by atoms with E-state index in [-0.39, 0.29) is 5.75 Å². The Kier molecular flexibility index (Phi) is 4.61. The summed E-state index contributed by atoms with van der Waals surface area (Å²) in [5.74, 6) is 0.134. The van der Waals surface area contributed by atoms with Gasteiger partial charge in [-0.3, -0.25) is 4.72 Å². The van der Waals surface area contributed by atoms with Crippen LogP contribution in [0, 0.1) is 0 Å². The van der Waals surface area contributed by atoms with Crippen molar-refractivity contribution in [3.05, 3.63) is 27.1 Å². The van der Waals surface area contributed by atoms with E-state index < -0.39 is 10.0 Å². The van der Waals surface area contributed by atoms with Crippen LogP contribution in [0.3, 0.4) is 0 Å². The van der Waals surface area contributed by atoms with E-state index in [2.05, 4.69) is 36.6 Å². The lowest BCUT2D eigenvalue weighted by atomic mass is 10.3. The SMILES string of the molecule is CCCS(=O)(=O)Nc1ccc(Br)cc1Br. The summed E-state index contributed by atoms with van der Waals surface area (Å²) in [6.45, 7) is 1.83. The number of sulfonamides is 1. The molecule has 3 nitrogen and oxygen atoms in total. The third-order valence-electron chi connectivity index (χ3n) is 1.67. The van der Waals surface area contributed by atoms with Gasteiger partial charge in [0.05, 0.1) is 11.4 Å². The molecule has 0 spiro atoms. The first kappa shape index (κ1) is 13.0. The van der Waals surface area contributed by atoms with Gasteiger partial charge in [-0.05, 0) is 40.5 Å². The molecule has 15 heavy (non-hydrogen) atoms. The maximum absolute atomic E-state index is 11.5. The zero-order valence-corrected chi connectivity index (χ0v) is 12.1. The summed E-state index contributed by atoms with van der Waals surface area (Å²) in [5, 5.41) is 0. The van der Waals surface area contributed by atoms with Crippen molar-refractivity contribution in [3.63, 3.8) is 0 Å². The van der Waals surface area contributed by atoms with Crippen molar-refractivity contribution in [1.82, 2.24) is 0 Å². The highest BCUT2D eigenvalue weighted by molar-refractivity contribution is 9.11. The van der Waals surface area contributed by atoms with Gasteiger partial charge in [0.25, 0.3) is 0 Å². The number of rotatable bonds is 4. The first-order valence-electron chi connectivity index (χ1n) is 4.40. The molecule has 0 fully saturated rings. The number of nitrogens with one attached hydrogen (secondary N) is 1. The molecule has 0 saturated carbocycles. The minimum Gasteiger partial charge on any atom is -0.282 e. The number of hydrogen-bond donors (Lipinski definition) is 1. The van der Waals surface area contributed by atoms with Crippen LogP contribution in [0.1, 0.15) is 13.3 Å². The Morgan fingerprint density at radius 3 is 2.53 bits per heavy atom. The first-order valence-corrected chi connectivity index (χ1v) is 7.64. The van der Waals surface area contributed by atoms with Gasteiger partial charge in [0.2, 0.25) is 10.0 Å². The average Bonchev–Trinajstić information content (AvgIpc) is 2.09. The Bertz CT molecular complexity index is 445. The van der Waals surface area contributed by atoms with Crippen LogP contribution in [-0.2, 0) is 10.0 Å². The van der Waals surface area contributed by atoms with E-state index in [0.29, 0.717) is 12.1 Å². The minimum atomic E-state index is -3.22. The number of anilines is 1. The summed E-state index contributed by atoms with van der Waals surface area (Å²) in [6, 6.07) is 5.29. The molecule has 0 saturated heterocycles. The molecule has 1 aromatic carbocycles. The van der Waals surface area contributed by atoms with Crippen molar-refractivity contribution in [2.75, 3.05) is 10.5 Å². The van der Waals surface area contributed by atoms with E-state index >= 15 is 0 Å². The predicted octanol–water partition coefficient (Wildman–Crippen LogP) is 3.36. The molecular weight excluding hydrogens is 346 g/mol. The minimum absolute atomic E-state index is 0.134. The smallest absolute Gasteiger partial charge is 0.232 e. The molecule has 1 aromatic rings.